The number of hydrogen-bond acceptors (Lipinski definition) is 5. The van der Waals surface area contributed by atoms with E-state index in [9.17, 15) is 0 Å². The van der Waals surface area contributed by atoms with Crippen LogP contribution in [0.2, 0.25) is 0 Å². The average molecular weight is 397 g/mol. The minimum Gasteiger partial charge on any atom is -0.360 e. The Labute approximate surface area is 173 Å². The Morgan fingerprint density at radius 2 is 1.03 bits per heavy atom. The van der Waals surface area contributed by atoms with Crippen molar-refractivity contribution in [2.24, 2.45) is 0 Å². The van der Waals surface area contributed by atoms with Crippen molar-refractivity contribution in [1.29, 1.82) is 0 Å². The van der Waals surface area contributed by atoms with Crippen LogP contribution in [0.1, 0.15) is 34.2 Å². The van der Waals surface area contributed by atoms with Crippen molar-refractivity contribution >= 4 is 0 Å². The van der Waals surface area contributed by atoms with E-state index in [2.05, 4.69) is 83.5 Å². The Balaban J connectivity index is 1.76. The Hall–Kier alpha value is -3.03. The zero-order valence-corrected chi connectivity index (χ0v) is 18.6. The minimum atomic E-state index is 0.655. The third kappa shape index (κ3) is 5.28. The van der Waals surface area contributed by atoms with Crippen LogP contribution in [-0.4, -0.2) is 46.2 Å². The van der Waals surface area contributed by atoms with Crippen LogP contribution in [0.25, 0.3) is 0 Å². The second-order valence-corrected chi connectivity index (χ2v) is 7.85. The third-order valence-corrected chi connectivity index (χ3v) is 4.83. The van der Waals surface area contributed by atoms with Gasteiger partial charge in [-0.15, -0.1) is 0 Å². The molecule has 0 saturated carbocycles. The smallest absolute Gasteiger partial charge is 0.113 e. The van der Waals surface area contributed by atoms with E-state index in [0.717, 1.165) is 34.2 Å². The molecule has 0 bridgehead atoms. The SMILES string of the molecule is Cc1cc(C)n(CN(C)C=CN(Cn2nc(C)cc2C)Cn2nc(C)cc2C)n1. The molecule has 0 aliphatic carbocycles. The summed E-state index contributed by atoms with van der Waals surface area (Å²) in [5.41, 5.74) is 6.54. The summed E-state index contributed by atoms with van der Waals surface area (Å²) in [5.74, 6) is 0. The van der Waals surface area contributed by atoms with E-state index in [1.54, 1.807) is 0 Å². The second-order valence-electron chi connectivity index (χ2n) is 7.85. The van der Waals surface area contributed by atoms with Crippen LogP contribution in [0.5, 0.6) is 0 Å². The molecule has 3 rings (SSSR count). The van der Waals surface area contributed by atoms with Gasteiger partial charge in [0.05, 0.1) is 17.1 Å². The Kier molecular flexibility index (Phi) is 6.10. The lowest BCUT2D eigenvalue weighted by atomic mass is 10.4. The van der Waals surface area contributed by atoms with E-state index in [1.165, 1.54) is 0 Å². The van der Waals surface area contributed by atoms with Gasteiger partial charge in [-0.3, -0.25) is 0 Å². The molecule has 0 saturated heterocycles. The lowest BCUT2D eigenvalue weighted by molar-refractivity contribution is 0.213. The molecule has 0 atom stereocenters. The van der Waals surface area contributed by atoms with Crippen LogP contribution in [-0.2, 0) is 20.0 Å². The first kappa shape index (κ1) is 20.7. The fraction of sp³-hybridized carbons (Fsp3) is 0.476. The standard InChI is InChI=1S/C21H32N8/c1-16-10-19(4)27(22-16)13-25(7)8-9-26(14-28-20(5)11-17(2)23-28)15-29-21(6)12-18(3)24-29/h8-12H,13-15H2,1-7H3. The highest BCUT2D eigenvalue weighted by atomic mass is 15.4. The van der Waals surface area contributed by atoms with Crippen molar-refractivity contribution in [3.63, 3.8) is 0 Å². The van der Waals surface area contributed by atoms with Gasteiger partial charge in [0.15, 0.2) is 0 Å². The predicted molar refractivity (Wildman–Crippen MR) is 114 cm³/mol. The van der Waals surface area contributed by atoms with Gasteiger partial charge < -0.3 is 9.80 Å². The number of nitrogens with zero attached hydrogens (tertiary/aromatic N) is 8. The molecule has 0 amide bonds. The van der Waals surface area contributed by atoms with Gasteiger partial charge in [0.25, 0.3) is 0 Å². The highest BCUT2D eigenvalue weighted by molar-refractivity contribution is 5.08. The molecule has 0 radical (unpaired) electrons. The summed E-state index contributed by atoms with van der Waals surface area (Å²) in [7, 11) is 2.05. The van der Waals surface area contributed by atoms with Crippen molar-refractivity contribution in [3.05, 3.63) is 64.8 Å². The van der Waals surface area contributed by atoms with Crippen LogP contribution < -0.4 is 0 Å². The second kappa shape index (κ2) is 8.55. The maximum absolute atomic E-state index is 4.61. The normalized spacial score (nSPS) is 11.6. The van der Waals surface area contributed by atoms with Crippen molar-refractivity contribution in [1.82, 2.24) is 39.1 Å². The summed E-state index contributed by atoms with van der Waals surface area (Å²) in [6.07, 6.45) is 4.17. The third-order valence-electron chi connectivity index (χ3n) is 4.83. The first-order valence-corrected chi connectivity index (χ1v) is 9.87. The molecule has 156 valence electrons. The fourth-order valence-electron chi connectivity index (χ4n) is 3.40. The molecular weight excluding hydrogens is 364 g/mol. The van der Waals surface area contributed by atoms with Crippen molar-refractivity contribution in [3.8, 4) is 0 Å². The summed E-state index contributed by atoms with van der Waals surface area (Å²) in [4.78, 5) is 4.32. The highest BCUT2D eigenvalue weighted by Gasteiger charge is 2.09. The maximum atomic E-state index is 4.61. The van der Waals surface area contributed by atoms with Crippen molar-refractivity contribution < 1.29 is 0 Å². The van der Waals surface area contributed by atoms with Gasteiger partial charge in [-0.25, -0.2) is 14.0 Å². The summed E-state index contributed by atoms with van der Waals surface area (Å²) < 4.78 is 6.05. The summed E-state index contributed by atoms with van der Waals surface area (Å²) in [6, 6.07) is 6.29. The van der Waals surface area contributed by atoms with Gasteiger partial charge in [-0.2, -0.15) is 15.3 Å². The van der Waals surface area contributed by atoms with Crippen LogP contribution >= 0.6 is 0 Å². The zero-order chi connectivity index (χ0) is 21.1. The zero-order valence-electron chi connectivity index (χ0n) is 18.6. The number of hydrogen-bond donors (Lipinski definition) is 0. The molecule has 0 unspecified atom stereocenters. The molecule has 0 fully saturated rings. The predicted octanol–water partition coefficient (Wildman–Crippen LogP) is 3.10. The number of aryl methyl sites for hydroxylation is 6. The van der Waals surface area contributed by atoms with E-state index >= 15 is 0 Å². The number of rotatable bonds is 8. The Morgan fingerprint density at radius 3 is 1.38 bits per heavy atom. The first-order valence-electron chi connectivity index (χ1n) is 9.87. The van der Waals surface area contributed by atoms with Gasteiger partial charge in [0.2, 0.25) is 0 Å². The lowest BCUT2D eigenvalue weighted by Gasteiger charge is -2.23. The van der Waals surface area contributed by atoms with Gasteiger partial charge in [0, 0.05) is 36.5 Å². The molecule has 0 spiro atoms. The molecule has 8 nitrogen and oxygen atoms in total. The highest BCUT2D eigenvalue weighted by Crippen LogP contribution is 2.09. The summed E-state index contributed by atoms with van der Waals surface area (Å²) >= 11 is 0. The molecule has 0 aliphatic rings. The van der Waals surface area contributed by atoms with E-state index in [0.29, 0.717) is 20.0 Å². The van der Waals surface area contributed by atoms with Crippen LogP contribution in [0.3, 0.4) is 0 Å². The lowest BCUT2D eigenvalue weighted by Crippen LogP contribution is -2.27. The molecule has 0 aromatic carbocycles. The van der Waals surface area contributed by atoms with Gasteiger partial charge in [-0.1, -0.05) is 0 Å². The first-order chi connectivity index (χ1) is 13.7. The quantitative estimate of drug-likeness (QED) is 0.586. The Morgan fingerprint density at radius 1 is 0.655 bits per heavy atom. The van der Waals surface area contributed by atoms with E-state index in [1.807, 2.05) is 34.8 Å². The topological polar surface area (TPSA) is 59.9 Å². The van der Waals surface area contributed by atoms with Gasteiger partial charge >= 0.3 is 0 Å². The average Bonchev–Trinajstić information content (AvgIpc) is 3.22. The maximum Gasteiger partial charge on any atom is 0.113 e. The Bertz CT molecular complexity index is 942. The summed E-state index contributed by atoms with van der Waals surface area (Å²) in [5, 5.41) is 13.8. The largest absolute Gasteiger partial charge is 0.360 e. The molecule has 3 heterocycles. The van der Waals surface area contributed by atoms with Gasteiger partial charge in [0.1, 0.15) is 20.0 Å². The van der Waals surface area contributed by atoms with E-state index in [4.69, 9.17) is 0 Å². The van der Waals surface area contributed by atoms with Crippen LogP contribution in [0.4, 0.5) is 0 Å². The minimum absolute atomic E-state index is 0.655. The van der Waals surface area contributed by atoms with E-state index < -0.39 is 0 Å². The molecule has 3 aromatic heterocycles. The van der Waals surface area contributed by atoms with Crippen molar-refractivity contribution in [2.75, 3.05) is 7.05 Å². The molecule has 0 aliphatic heterocycles. The van der Waals surface area contributed by atoms with Crippen LogP contribution in [0.15, 0.2) is 30.6 Å². The van der Waals surface area contributed by atoms with E-state index in [-0.39, 0.29) is 0 Å². The molecule has 0 N–H and O–H groups in total. The molecule has 8 heteroatoms. The molecular formula is C21H32N8. The monoisotopic (exact) mass is 396 g/mol. The molecule has 29 heavy (non-hydrogen) atoms. The van der Waals surface area contributed by atoms with Crippen molar-refractivity contribution in [2.45, 2.75) is 61.5 Å². The summed E-state index contributed by atoms with van der Waals surface area (Å²) in [6.45, 7) is 14.3. The fourth-order valence-corrected chi connectivity index (χ4v) is 3.40. The van der Waals surface area contributed by atoms with Gasteiger partial charge in [-0.05, 0) is 59.7 Å². The molecule has 3 aromatic rings. The number of aromatic nitrogens is 6. The van der Waals surface area contributed by atoms with Crippen LogP contribution in [0, 0.1) is 41.5 Å².